The molecule has 3 aromatic rings. The average Bonchev–Trinajstić information content (AvgIpc) is 3.10. The molecule has 0 spiro atoms. The molecule has 1 aromatic carbocycles. The van der Waals surface area contributed by atoms with Gasteiger partial charge in [-0.05, 0) is 28.7 Å². The van der Waals surface area contributed by atoms with E-state index in [1.54, 1.807) is 12.4 Å². The highest BCUT2D eigenvalue weighted by atomic mass is 16.5. The number of nitrogens with zero attached hydrogens (tertiary/aromatic N) is 3. The Morgan fingerprint density at radius 2 is 1.93 bits per heavy atom. The van der Waals surface area contributed by atoms with Crippen LogP contribution in [0, 0.1) is 11.3 Å². The highest BCUT2D eigenvalue weighted by Crippen LogP contribution is 2.45. The Morgan fingerprint density at radius 3 is 2.54 bits per heavy atom. The van der Waals surface area contributed by atoms with Crippen LogP contribution in [-0.2, 0) is 5.41 Å². The standard InChI is InChI=1S/C22H21N5O/c1-22(2,3)15-8-6-13(7-9-15)17-16(11-23)20(24)28-21-18(17)19(26-27-21)14-5-4-10-25-12-14/h4-10,12,17H,24H2,1-3H3,(H,26,27)/t17-/m0/s1. The number of nitriles is 1. The maximum atomic E-state index is 9.79. The summed E-state index contributed by atoms with van der Waals surface area (Å²) in [4.78, 5) is 4.19. The smallest absolute Gasteiger partial charge is 0.244 e. The normalized spacial score (nSPS) is 16.3. The monoisotopic (exact) mass is 371 g/mol. The Kier molecular flexibility index (Phi) is 4.16. The molecule has 0 unspecified atom stereocenters. The molecule has 4 rings (SSSR count). The fourth-order valence-electron chi connectivity index (χ4n) is 3.48. The largest absolute Gasteiger partial charge is 0.420 e. The molecule has 2 aromatic heterocycles. The summed E-state index contributed by atoms with van der Waals surface area (Å²) in [5, 5.41) is 17.1. The Morgan fingerprint density at radius 1 is 1.18 bits per heavy atom. The molecule has 3 N–H and O–H groups in total. The quantitative estimate of drug-likeness (QED) is 0.709. The van der Waals surface area contributed by atoms with Crippen LogP contribution in [0.5, 0.6) is 5.88 Å². The number of nitrogens with one attached hydrogen (secondary N) is 1. The van der Waals surface area contributed by atoms with Gasteiger partial charge in [-0.2, -0.15) is 5.26 Å². The highest BCUT2D eigenvalue weighted by Gasteiger charge is 2.35. The molecule has 0 saturated heterocycles. The maximum Gasteiger partial charge on any atom is 0.244 e. The first-order valence-corrected chi connectivity index (χ1v) is 9.07. The predicted octanol–water partition coefficient (Wildman–Crippen LogP) is 3.99. The lowest BCUT2D eigenvalue weighted by molar-refractivity contribution is 0.379. The van der Waals surface area contributed by atoms with Crippen LogP contribution in [0.15, 0.2) is 60.2 Å². The third-order valence-electron chi connectivity index (χ3n) is 5.00. The van der Waals surface area contributed by atoms with E-state index in [0.717, 1.165) is 22.4 Å². The minimum absolute atomic E-state index is 0.0444. The van der Waals surface area contributed by atoms with E-state index in [-0.39, 0.29) is 17.2 Å². The van der Waals surface area contributed by atoms with E-state index in [4.69, 9.17) is 10.5 Å². The molecule has 140 valence electrons. The molecule has 6 nitrogen and oxygen atoms in total. The number of rotatable bonds is 2. The lowest BCUT2D eigenvalue weighted by Crippen LogP contribution is -2.21. The van der Waals surface area contributed by atoms with Gasteiger partial charge in [0.1, 0.15) is 11.6 Å². The average molecular weight is 371 g/mol. The summed E-state index contributed by atoms with van der Waals surface area (Å²) in [6, 6.07) is 14.3. The van der Waals surface area contributed by atoms with Gasteiger partial charge in [-0.25, -0.2) is 0 Å². The molecule has 1 aliphatic rings. The van der Waals surface area contributed by atoms with Crippen LogP contribution >= 0.6 is 0 Å². The van der Waals surface area contributed by atoms with E-state index in [0.29, 0.717) is 11.5 Å². The van der Waals surface area contributed by atoms with Gasteiger partial charge in [-0.3, -0.25) is 10.1 Å². The second-order valence-electron chi connectivity index (χ2n) is 7.86. The van der Waals surface area contributed by atoms with E-state index in [1.807, 2.05) is 24.3 Å². The summed E-state index contributed by atoms with van der Waals surface area (Å²) in [6.07, 6.45) is 3.46. The molecule has 0 amide bonds. The number of allylic oxidation sites excluding steroid dienone is 1. The number of aromatic amines is 1. The maximum absolute atomic E-state index is 9.79. The zero-order chi connectivity index (χ0) is 19.9. The molecule has 6 heteroatoms. The Labute approximate surface area is 163 Å². The van der Waals surface area contributed by atoms with Crippen LogP contribution in [0.4, 0.5) is 0 Å². The number of hydrogen-bond acceptors (Lipinski definition) is 5. The van der Waals surface area contributed by atoms with Crippen LogP contribution < -0.4 is 10.5 Å². The molecule has 0 radical (unpaired) electrons. The topological polar surface area (TPSA) is 101 Å². The molecule has 28 heavy (non-hydrogen) atoms. The number of nitrogens with two attached hydrogens (primary N) is 1. The van der Waals surface area contributed by atoms with E-state index >= 15 is 0 Å². The zero-order valence-corrected chi connectivity index (χ0v) is 16.0. The predicted molar refractivity (Wildman–Crippen MR) is 106 cm³/mol. The number of hydrogen-bond donors (Lipinski definition) is 2. The SMILES string of the molecule is CC(C)(C)c1ccc([C@H]2C(C#N)=C(N)Oc3n[nH]c(-c4cccnc4)c32)cc1. The van der Waals surface area contributed by atoms with E-state index in [9.17, 15) is 5.26 Å². The van der Waals surface area contributed by atoms with E-state index in [1.165, 1.54) is 5.56 Å². The van der Waals surface area contributed by atoms with E-state index < -0.39 is 0 Å². The molecular weight excluding hydrogens is 350 g/mol. The van der Waals surface area contributed by atoms with Gasteiger partial charge in [-0.15, -0.1) is 5.10 Å². The van der Waals surface area contributed by atoms with Crippen molar-refractivity contribution >= 4 is 0 Å². The van der Waals surface area contributed by atoms with Crippen LogP contribution in [0.25, 0.3) is 11.3 Å². The second kappa shape index (κ2) is 6.54. The third-order valence-corrected chi connectivity index (χ3v) is 5.00. The van der Waals surface area contributed by atoms with Gasteiger partial charge in [0, 0.05) is 18.0 Å². The summed E-state index contributed by atoms with van der Waals surface area (Å²) >= 11 is 0. The molecule has 1 atom stereocenters. The van der Waals surface area contributed by atoms with Gasteiger partial charge in [0.2, 0.25) is 11.8 Å². The van der Waals surface area contributed by atoms with Crippen molar-refractivity contribution in [3.63, 3.8) is 0 Å². The van der Waals surface area contributed by atoms with Crippen LogP contribution in [0.2, 0.25) is 0 Å². The Hall–Kier alpha value is -3.59. The van der Waals surface area contributed by atoms with Crippen molar-refractivity contribution in [2.45, 2.75) is 32.1 Å². The number of ether oxygens (including phenoxy) is 1. The number of pyridine rings is 1. The minimum atomic E-state index is -0.364. The van der Waals surface area contributed by atoms with Crippen molar-refractivity contribution < 1.29 is 4.74 Å². The van der Waals surface area contributed by atoms with Crippen molar-refractivity contribution in [2.75, 3.05) is 0 Å². The first-order chi connectivity index (χ1) is 13.4. The summed E-state index contributed by atoms with van der Waals surface area (Å²) in [5.41, 5.74) is 11.1. The van der Waals surface area contributed by atoms with Crippen molar-refractivity contribution in [2.24, 2.45) is 5.73 Å². The van der Waals surface area contributed by atoms with Crippen LogP contribution in [0.3, 0.4) is 0 Å². The number of H-pyrrole nitrogens is 1. The van der Waals surface area contributed by atoms with Gasteiger partial charge >= 0.3 is 0 Å². The molecule has 3 heterocycles. The van der Waals surface area contributed by atoms with Gasteiger partial charge in [0.15, 0.2) is 0 Å². The van der Waals surface area contributed by atoms with E-state index in [2.05, 4.69) is 54.2 Å². The fraction of sp³-hybridized carbons (Fsp3) is 0.227. The first-order valence-electron chi connectivity index (χ1n) is 9.07. The van der Waals surface area contributed by atoms with Gasteiger partial charge in [0.25, 0.3) is 0 Å². The van der Waals surface area contributed by atoms with Gasteiger partial charge in [-0.1, -0.05) is 45.0 Å². The van der Waals surface area contributed by atoms with Crippen molar-refractivity contribution in [1.82, 2.24) is 15.2 Å². The fourth-order valence-corrected chi connectivity index (χ4v) is 3.48. The molecule has 0 bridgehead atoms. The van der Waals surface area contributed by atoms with Crippen LogP contribution in [0.1, 0.15) is 43.4 Å². The Balaban J connectivity index is 1.89. The number of aromatic nitrogens is 3. The molecule has 0 aliphatic carbocycles. The second-order valence-corrected chi connectivity index (χ2v) is 7.86. The van der Waals surface area contributed by atoms with Crippen LogP contribution in [-0.4, -0.2) is 15.2 Å². The van der Waals surface area contributed by atoms with Crippen molar-refractivity contribution in [3.8, 4) is 23.2 Å². The first kappa shape index (κ1) is 17.8. The van der Waals surface area contributed by atoms with Crippen molar-refractivity contribution in [3.05, 3.63) is 76.9 Å². The van der Waals surface area contributed by atoms with Gasteiger partial charge in [0.05, 0.1) is 17.2 Å². The van der Waals surface area contributed by atoms with Gasteiger partial charge < -0.3 is 10.5 Å². The zero-order valence-electron chi connectivity index (χ0n) is 16.0. The number of fused-ring (bicyclic) bond motifs is 1. The number of benzene rings is 1. The minimum Gasteiger partial charge on any atom is -0.420 e. The molecule has 1 aliphatic heterocycles. The summed E-state index contributed by atoms with van der Waals surface area (Å²) in [5.74, 6) is 0.112. The lowest BCUT2D eigenvalue weighted by atomic mass is 9.81. The summed E-state index contributed by atoms with van der Waals surface area (Å²) < 4.78 is 5.64. The summed E-state index contributed by atoms with van der Waals surface area (Å²) in [7, 11) is 0. The van der Waals surface area contributed by atoms with Crippen molar-refractivity contribution in [1.29, 1.82) is 5.26 Å². The highest BCUT2D eigenvalue weighted by molar-refractivity contribution is 5.70. The third kappa shape index (κ3) is 2.91. The molecular formula is C22H21N5O. The summed E-state index contributed by atoms with van der Waals surface area (Å²) in [6.45, 7) is 6.51. The lowest BCUT2D eigenvalue weighted by Gasteiger charge is -2.25. The molecule has 0 saturated carbocycles. The Bertz CT molecular complexity index is 1080. The molecule has 0 fully saturated rings.